The van der Waals surface area contributed by atoms with Crippen LogP contribution in [0.25, 0.3) is 6.08 Å². The largest absolute Gasteiger partial charge is 0.496 e. The maximum atomic E-state index is 12.9. The molecule has 1 N–H and O–H groups in total. The number of aliphatic hydroxyl groups is 1. The molecule has 0 saturated carbocycles. The summed E-state index contributed by atoms with van der Waals surface area (Å²) in [6, 6.07) is 10.9. The number of fused-ring (bicyclic) bond motifs is 3. The van der Waals surface area contributed by atoms with E-state index in [0.717, 1.165) is 5.56 Å². The Balaban J connectivity index is 1.90. The zero-order chi connectivity index (χ0) is 18.5. The fraction of sp³-hybridized carbons (Fsp3) is 0.286. The molecule has 5 nitrogen and oxygen atoms in total. The van der Waals surface area contributed by atoms with Crippen LogP contribution in [-0.4, -0.2) is 29.7 Å². The van der Waals surface area contributed by atoms with Crippen LogP contribution in [0, 0.1) is 0 Å². The average molecular weight is 352 g/mol. The molecule has 0 bridgehead atoms. The number of ketones is 1. The monoisotopic (exact) mass is 352 g/mol. The van der Waals surface area contributed by atoms with E-state index in [1.54, 1.807) is 6.07 Å². The van der Waals surface area contributed by atoms with Gasteiger partial charge in [-0.05, 0) is 31.6 Å². The summed E-state index contributed by atoms with van der Waals surface area (Å²) in [5, 5.41) is 10.6. The second-order valence-electron chi connectivity index (χ2n) is 6.99. The van der Waals surface area contributed by atoms with Crippen LogP contribution in [0.3, 0.4) is 0 Å². The van der Waals surface area contributed by atoms with Gasteiger partial charge < -0.3 is 19.3 Å². The number of carbonyl (C=O) groups excluding carboxylic acids is 1. The average Bonchev–Trinajstić information content (AvgIpc) is 2.63. The van der Waals surface area contributed by atoms with Crippen molar-refractivity contribution < 1.29 is 24.1 Å². The Kier molecular flexibility index (Phi) is 3.77. The highest BCUT2D eigenvalue weighted by Crippen LogP contribution is 2.48. The summed E-state index contributed by atoms with van der Waals surface area (Å²) in [5.41, 5.74) is 1.19. The lowest BCUT2D eigenvalue weighted by Gasteiger charge is -2.35. The predicted molar refractivity (Wildman–Crippen MR) is 96.9 cm³/mol. The molecule has 2 heterocycles. The number of hydrogen-bond acceptors (Lipinski definition) is 5. The van der Waals surface area contributed by atoms with Crippen LogP contribution < -0.4 is 14.2 Å². The summed E-state index contributed by atoms with van der Waals surface area (Å²) < 4.78 is 17.5. The number of carbonyl (C=O) groups is 1. The third-order valence-corrected chi connectivity index (χ3v) is 4.66. The van der Waals surface area contributed by atoms with E-state index in [0.29, 0.717) is 22.8 Å². The molecule has 0 radical (unpaired) electrons. The van der Waals surface area contributed by atoms with Crippen molar-refractivity contribution in [2.75, 3.05) is 7.11 Å². The molecular weight excluding hydrogens is 332 g/mol. The van der Waals surface area contributed by atoms with Crippen molar-refractivity contribution in [1.29, 1.82) is 0 Å². The van der Waals surface area contributed by atoms with Crippen LogP contribution in [0.5, 0.6) is 17.2 Å². The second kappa shape index (κ2) is 5.88. The molecule has 4 rings (SSSR count). The lowest BCUT2D eigenvalue weighted by molar-refractivity contribution is 0.0207. The Morgan fingerprint density at radius 2 is 1.92 bits per heavy atom. The molecule has 0 amide bonds. The van der Waals surface area contributed by atoms with Crippen LogP contribution in [0.4, 0.5) is 0 Å². The zero-order valence-corrected chi connectivity index (χ0v) is 14.9. The SMILES string of the molecule is COc1cc2c(c3c1C(=O)C(O)C(c1ccccc1)O3)C=CC(C)(C)O2. The van der Waals surface area contributed by atoms with Crippen molar-refractivity contribution in [3.8, 4) is 17.2 Å². The number of aliphatic hydroxyl groups excluding tert-OH is 1. The van der Waals surface area contributed by atoms with E-state index in [9.17, 15) is 9.90 Å². The van der Waals surface area contributed by atoms with E-state index in [4.69, 9.17) is 14.2 Å². The molecule has 2 aliphatic rings. The Labute approximate surface area is 151 Å². The third-order valence-electron chi connectivity index (χ3n) is 4.66. The maximum Gasteiger partial charge on any atom is 0.202 e. The molecule has 0 aromatic heterocycles. The van der Waals surface area contributed by atoms with E-state index in [1.807, 2.05) is 56.3 Å². The Morgan fingerprint density at radius 1 is 1.19 bits per heavy atom. The standard InChI is InChI=1S/C21H20O5/c1-21(2)10-9-13-14(26-21)11-15(24-3)16-17(22)18(23)19(25-20(13)16)12-7-5-4-6-8-12/h4-11,18-19,23H,1-3H3. The first-order valence-electron chi connectivity index (χ1n) is 8.48. The lowest BCUT2D eigenvalue weighted by atomic mass is 9.90. The van der Waals surface area contributed by atoms with Crippen molar-refractivity contribution in [3.63, 3.8) is 0 Å². The quantitative estimate of drug-likeness (QED) is 0.895. The summed E-state index contributed by atoms with van der Waals surface area (Å²) in [5.74, 6) is 0.887. The van der Waals surface area contributed by atoms with Gasteiger partial charge >= 0.3 is 0 Å². The zero-order valence-electron chi connectivity index (χ0n) is 14.9. The van der Waals surface area contributed by atoms with E-state index in [1.165, 1.54) is 7.11 Å². The topological polar surface area (TPSA) is 65.0 Å². The van der Waals surface area contributed by atoms with Crippen LogP contribution in [-0.2, 0) is 0 Å². The minimum absolute atomic E-state index is 0.249. The lowest BCUT2D eigenvalue weighted by Crippen LogP contribution is -2.37. The predicted octanol–water partition coefficient (Wildman–Crippen LogP) is 3.56. The number of methoxy groups -OCH3 is 1. The molecule has 2 atom stereocenters. The van der Waals surface area contributed by atoms with Gasteiger partial charge in [0.25, 0.3) is 0 Å². The Hall–Kier alpha value is -2.79. The highest BCUT2D eigenvalue weighted by Gasteiger charge is 2.41. The molecule has 2 aromatic rings. The minimum atomic E-state index is -1.30. The fourth-order valence-electron chi connectivity index (χ4n) is 3.36. The van der Waals surface area contributed by atoms with Crippen LogP contribution in [0.2, 0.25) is 0 Å². The summed E-state index contributed by atoms with van der Waals surface area (Å²) in [4.78, 5) is 12.9. The number of benzene rings is 2. The molecule has 2 aromatic carbocycles. The first-order chi connectivity index (χ1) is 12.4. The third kappa shape index (κ3) is 2.56. The first kappa shape index (κ1) is 16.7. The van der Waals surface area contributed by atoms with E-state index >= 15 is 0 Å². The number of ether oxygens (including phenoxy) is 3. The summed E-state index contributed by atoms with van der Waals surface area (Å²) in [6.07, 6.45) is 1.72. The van der Waals surface area contributed by atoms with Gasteiger partial charge in [0.1, 0.15) is 28.4 Å². The van der Waals surface area contributed by atoms with Gasteiger partial charge in [0.05, 0.1) is 12.7 Å². The molecule has 134 valence electrons. The fourth-order valence-corrected chi connectivity index (χ4v) is 3.36. The van der Waals surface area contributed by atoms with Gasteiger partial charge in [0.15, 0.2) is 12.2 Å². The van der Waals surface area contributed by atoms with Crippen LogP contribution in [0.1, 0.15) is 41.4 Å². The van der Waals surface area contributed by atoms with Gasteiger partial charge in [-0.25, -0.2) is 0 Å². The van der Waals surface area contributed by atoms with Crippen molar-refractivity contribution >= 4 is 11.9 Å². The van der Waals surface area contributed by atoms with Gasteiger partial charge in [-0.1, -0.05) is 30.3 Å². The van der Waals surface area contributed by atoms with E-state index < -0.39 is 23.6 Å². The van der Waals surface area contributed by atoms with Gasteiger partial charge in [0, 0.05) is 6.07 Å². The minimum Gasteiger partial charge on any atom is -0.496 e. The molecule has 0 aliphatic carbocycles. The molecule has 0 saturated heterocycles. The van der Waals surface area contributed by atoms with E-state index in [-0.39, 0.29) is 5.56 Å². The number of Topliss-reactive ketones (excluding diaryl/α,β-unsaturated/α-hetero) is 1. The number of hydrogen-bond donors (Lipinski definition) is 1. The molecule has 2 unspecified atom stereocenters. The van der Waals surface area contributed by atoms with Gasteiger partial charge in [-0.3, -0.25) is 4.79 Å². The summed E-state index contributed by atoms with van der Waals surface area (Å²) in [7, 11) is 1.48. The van der Waals surface area contributed by atoms with Crippen molar-refractivity contribution in [1.82, 2.24) is 0 Å². The highest BCUT2D eigenvalue weighted by atomic mass is 16.5. The van der Waals surface area contributed by atoms with Gasteiger partial charge in [0.2, 0.25) is 5.78 Å². The van der Waals surface area contributed by atoms with E-state index in [2.05, 4.69) is 0 Å². The van der Waals surface area contributed by atoms with Crippen molar-refractivity contribution in [2.24, 2.45) is 0 Å². The molecule has 26 heavy (non-hydrogen) atoms. The Morgan fingerprint density at radius 3 is 2.62 bits per heavy atom. The van der Waals surface area contributed by atoms with Crippen LogP contribution in [0.15, 0.2) is 42.5 Å². The van der Waals surface area contributed by atoms with Crippen LogP contribution >= 0.6 is 0 Å². The summed E-state index contributed by atoms with van der Waals surface area (Å²) in [6.45, 7) is 3.89. The molecule has 0 fully saturated rings. The molecular formula is C21H20O5. The Bertz CT molecular complexity index is 898. The highest BCUT2D eigenvalue weighted by molar-refractivity contribution is 6.07. The molecule has 2 aliphatic heterocycles. The maximum absolute atomic E-state index is 12.9. The number of rotatable bonds is 2. The van der Waals surface area contributed by atoms with Crippen molar-refractivity contribution in [2.45, 2.75) is 31.7 Å². The first-order valence-corrected chi connectivity index (χ1v) is 8.48. The second-order valence-corrected chi connectivity index (χ2v) is 6.99. The van der Waals surface area contributed by atoms with Crippen molar-refractivity contribution in [3.05, 3.63) is 59.2 Å². The summed E-state index contributed by atoms with van der Waals surface area (Å²) >= 11 is 0. The van der Waals surface area contributed by atoms with Gasteiger partial charge in [-0.2, -0.15) is 0 Å². The molecule has 5 heteroatoms. The smallest absolute Gasteiger partial charge is 0.202 e. The normalized spacial score (nSPS) is 22.7. The van der Waals surface area contributed by atoms with Gasteiger partial charge in [-0.15, -0.1) is 0 Å². The molecule has 0 spiro atoms.